The van der Waals surface area contributed by atoms with Gasteiger partial charge in [-0.15, -0.1) is 0 Å². The fourth-order valence-corrected chi connectivity index (χ4v) is 0.118. The number of hydrogen-bond acceptors (Lipinski definition) is 1. The molecule has 0 saturated heterocycles. The lowest BCUT2D eigenvalue weighted by atomic mass is 10.7. The molecule has 5 heavy (non-hydrogen) atoms. The second-order valence-electron chi connectivity index (χ2n) is 0.793. The summed E-state index contributed by atoms with van der Waals surface area (Å²) in [4.78, 5) is 0. The van der Waals surface area contributed by atoms with Crippen LogP contribution in [0.5, 0.6) is 0 Å². The van der Waals surface area contributed by atoms with Crippen LogP contribution in [0.4, 0.5) is 0 Å². The van der Waals surface area contributed by atoms with Gasteiger partial charge in [0.15, 0.2) is 0 Å². The molecule has 0 aromatic heterocycles. The van der Waals surface area contributed by atoms with E-state index in [0.29, 0.717) is 0 Å². The van der Waals surface area contributed by atoms with Crippen molar-refractivity contribution in [2.45, 2.75) is 0 Å². The molecule has 0 atom stereocenters. The third kappa shape index (κ3) is 3.63. The van der Waals surface area contributed by atoms with Crippen molar-refractivity contribution in [2.75, 3.05) is 13.6 Å². The molecule has 0 unspecified atom stereocenters. The van der Waals surface area contributed by atoms with E-state index in [9.17, 15) is 0 Å². The monoisotopic (exact) mass is 73.1 g/mol. The normalized spacial score (nSPS) is 7.40. The Morgan fingerprint density at radius 1 is 2.00 bits per heavy atom. The van der Waals surface area contributed by atoms with E-state index in [4.69, 9.17) is 5.41 Å². The fourth-order valence-electron chi connectivity index (χ4n) is 0.118. The van der Waals surface area contributed by atoms with Gasteiger partial charge in [0.25, 0.3) is 0 Å². The second-order valence-corrected chi connectivity index (χ2v) is 0.793. The maximum absolute atomic E-state index is 4.95. The highest BCUT2D eigenvalue weighted by Crippen LogP contribution is 1.28. The van der Waals surface area contributed by atoms with E-state index in [1.807, 2.05) is 7.05 Å². The summed E-state index contributed by atoms with van der Waals surface area (Å²) in [6.45, 7) is 0.792. The van der Waals surface area contributed by atoms with Crippen LogP contribution in [0.25, 0.3) is 0 Å². The van der Waals surface area contributed by atoms with Gasteiger partial charge in [0.1, 0.15) is 6.21 Å². The highest BCUT2D eigenvalue weighted by Gasteiger charge is 1.64. The number of hydrogen-bond donors (Lipinski definition) is 2. The van der Waals surface area contributed by atoms with Gasteiger partial charge < -0.3 is 5.32 Å². The molecule has 0 aliphatic heterocycles. The van der Waals surface area contributed by atoms with Crippen molar-refractivity contribution in [3.8, 4) is 0 Å². The van der Waals surface area contributed by atoms with Crippen molar-refractivity contribution < 1.29 is 5.41 Å². The fraction of sp³-hybridized carbons (Fsp3) is 0.667. The molecule has 0 aromatic carbocycles. The zero-order valence-corrected chi connectivity index (χ0v) is 3.36. The first-order chi connectivity index (χ1) is 2.41. The van der Waals surface area contributed by atoms with Crippen molar-refractivity contribution in [3.05, 3.63) is 0 Å². The summed E-state index contributed by atoms with van der Waals surface area (Å²) in [5, 5.41) is 7.79. The maximum Gasteiger partial charge on any atom is 0.150 e. The average molecular weight is 73.1 g/mol. The van der Waals surface area contributed by atoms with Gasteiger partial charge in [-0.1, -0.05) is 0 Å². The van der Waals surface area contributed by atoms with Gasteiger partial charge in [-0.25, -0.2) is 0 Å². The van der Waals surface area contributed by atoms with Crippen molar-refractivity contribution in [2.24, 2.45) is 0 Å². The Bertz CT molecular complexity index is 26.1. The lowest BCUT2D eigenvalue weighted by Gasteiger charge is -1.74. The van der Waals surface area contributed by atoms with Crippen LogP contribution in [0, 0.1) is 0 Å². The van der Waals surface area contributed by atoms with Crippen LogP contribution in [0.1, 0.15) is 0 Å². The molecule has 0 amide bonds. The minimum atomic E-state index is 0.792. The molecule has 0 spiro atoms. The molecule has 0 aliphatic rings. The molecular weight excluding hydrogens is 64.0 g/mol. The van der Waals surface area contributed by atoms with Gasteiger partial charge >= 0.3 is 0 Å². The summed E-state index contributed by atoms with van der Waals surface area (Å²) < 4.78 is 0. The van der Waals surface area contributed by atoms with Gasteiger partial charge in [-0.2, -0.15) is 0 Å². The van der Waals surface area contributed by atoms with Crippen LogP contribution < -0.4 is 10.7 Å². The molecule has 0 bridgehead atoms. The Kier molecular flexibility index (Phi) is 3.36. The van der Waals surface area contributed by atoms with Crippen molar-refractivity contribution in [1.29, 1.82) is 0 Å². The van der Waals surface area contributed by atoms with E-state index < -0.39 is 0 Å². The molecule has 0 radical (unpaired) electrons. The maximum atomic E-state index is 4.95. The van der Waals surface area contributed by atoms with E-state index >= 15 is 0 Å². The minimum absolute atomic E-state index is 0.792. The summed E-state index contributed by atoms with van der Waals surface area (Å²) in [7, 11) is 1.85. The van der Waals surface area contributed by atoms with E-state index in [1.54, 1.807) is 6.21 Å². The topological polar surface area (TPSA) is 37.6 Å². The molecule has 0 heterocycles. The molecule has 0 fully saturated rings. The zero-order chi connectivity index (χ0) is 4.12. The molecule has 3 N–H and O–H groups in total. The van der Waals surface area contributed by atoms with Crippen molar-refractivity contribution in [1.82, 2.24) is 5.32 Å². The third-order valence-corrected chi connectivity index (χ3v) is 0.322. The molecule has 0 aliphatic carbocycles. The minimum Gasteiger partial charge on any atom is -0.311 e. The average Bonchev–Trinajstić information content (AvgIpc) is 1.41. The molecular formula is C3H9N2+. The molecule has 0 rings (SSSR count). The van der Waals surface area contributed by atoms with Crippen LogP contribution in [0.15, 0.2) is 0 Å². The van der Waals surface area contributed by atoms with E-state index in [0.717, 1.165) is 6.54 Å². The molecule has 0 saturated carbocycles. The zero-order valence-electron chi connectivity index (χ0n) is 3.36. The van der Waals surface area contributed by atoms with Gasteiger partial charge in [-0.05, 0) is 7.05 Å². The standard InChI is InChI=1S/C3H8N2/c1-5-3-2-4/h2,4-5H,3H2,1H3/p+1. The van der Waals surface area contributed by atoms with Crippen LogP contribution >= 0.6 is 0 Å². The van der Waals surface area contributed by atoms with Crippen LogP contribution in [0.2, 0.25) is 0 Å². The summed E-state index contributed by atoms with van der Waals surface area (Å²) in [5.41, 5.74) is 0. The van der Waals surface area contributed by atoms with Gasteiger partial charge in [0.2, 0.25) is 0 Å². The molecule has 2 nitrogen and oxygen atoms in total. The highest BCUT2D eigenvalue weighted by atomic mass is 14.8. The van der Waals surface area contributed by atoms with Crippen LogP contribution in [-0.2, 0) is 0 Å². The SMILES string of the molecule is CNCC=[NH2+]. The smallest absolute Gasteiger partial charge is 0.150 e. The number of rotatable bonds is 2. The van der Waals surface area contributed by atoms with Gasteiger partial charge in [0, 0.05) is 0 Å². The highest BCUT2D eigenvalue weighted by molar-refractivity contribution is 5.51. The van der Waals surface area contributed by atoms with Crippen molar-refractivity contribution >= 4 is 6.21 Å². The van der Waals surface area contributed by atoms with Gasteiger partial charge in [-0.3, -0.25) is 5.41 Å². The Morgan fingerprint density at radius 3 is 2.60 bits per heavy atom. The summed E-state index contributed by atoms with van der Waals surface area (Å²) in [6.07, 6.45) is 1.57. The van der Waals surface area contributed by atoms with E-state index in [2.05, 4.69) is 5.32 Å². The summed E-state index contributed by atoms with van der Waals surface area (Å²) >= 11 is 0. The molecule has 0 aromatic rings. The summed E-state index contributed by atoms with van der Waals surface area (Å²) in [5.74, 6) is 0. The van der Waals surface area contributed by atoms with Gasteiger partial charge in [0.05, 0.1) is 6.54 Å². The first-order valence-corrected chi connectivity index (χ1v) is 1.60. The summed E-state index contributed by atoms with van der Waals surface area (Å²) in [6, 6.07) is 0. The Balaban J connectivity index is 2.40. The van der Waals surface area contributed by atoms with Crippen LogP contribution in [0.3, 0.4) is 0 Å². The molecule has 30 valence electrons. The van der Waals surface area contributed by atoms with E-state index in [1.165, 1.54) is 0 Å². The largest absolute Gasteiger partial charge is 0.311 e. The van der Waals surface area contributed by atoms with E-state index in [-0.39, 0.29) is 0 Å². The Labute approximate surface area is 31.7 Å². The first kappa shape index (κ1) is 4.63. The van der Waals surface area contributed by atoms with Crippen LogP contribution in [-0.4, -0.2) is 19.8 Å². The lowest BCUT2D eigenvalue weighted by Crippen LogP contribution is -2.34. The Morgan fingerprint density at radius 2 is 2.60 bits per heavy atom. The first-order valence-electron chi connectivity index (χ1n) is 1.60. The lowest BCUT2D eigenvalue weighted by molar-refractivity contribution is -0.107. The predicted octanol–water partition coefficient (Wildman–Crippen LogP) is -1.96. The molecule has 2 heteroatoms. The predicted molar refractivity (Wildman–Crippen MR) is 21.9 cm³/mol. The van der Waals surface area contributed by atoms with Crippen molar-refractivity contribution in [3.63, 3.8) is 0 Å². The quantitative estimate of drug-likeness (QED) is 0.366. The Hall–Kier alpha value is -0.370. The number of nitrogens with two attached hydrogens (primary N) is 1. The second kappa shape index (κ2) is 3.63. The third-order valence-electron chi connectivity index (χ3n) is 0.322. The number of nitrogens with one attached hydrogen (secondary N) is 1.